The lowest BCUT2D eigenvalue weighted by Crippen LogP contribution is -2.49. The van der Waals surface area contributed by atoms with Crippen LogP contribution in [-0.2, 0) is 16.6 Å². The van der Waals surface area contributed by atoms with Crippen LogP contribution in [0.1, 0.15) is 56.1 Å². The van der Waals surface area contributed by atoms with Crippen molar-refractivity contribution in [1.82, 2.24) is 10.2 Å². The number of rotatable bonds is 7. The molecular weight excluding hydrogens is 400 g/mol. The lowest BCUT2D eigenvalue weighted by Gasteiger charge is -2.44. The Kier molecular flexibility index (Phi) is 7.36. The van der Waals surface area contributed by atoms with Gasteiger partial charge in [-0.3, -0.25) is 4.79 Å². The number of aromatic hydroxyl groups is 1. The highest BCUT2D eigenvalue weighted by molar-refractivity contribution is 5.79. The van der Waals surface area contributed by atoms with E-state index >= 15 is 0 Å². The first-order valence-corrected chi connectivity index (χ1v) is 12.0. The second-order valence-corrected chi connectivity index (χ2v) is 9.53. The van der Waals surface area contributed by atoms with E-state index in [1.165, 1.54) is 37.7 Å². The smallest absolute Gasteiger partial charge is 0.224 e. The Hall–Kier alpha value is -2.53. The molecule has 0 unspecified atom stereocenters. The second kappa shape index (κ2) is 10.4. The minimum absolute atomic E-state index is 0.0380. The molecular formula is C27H36N2O3. The number of nitrogens with one attached hydrogen (secondary N) is 1. The maximum absolute atomic E-state index is 12.5. The second-order valence-electron chi connectivity index (χ2n) is 9.53. The van der Waals surface area contributed by atoms with Gasteiger partial charge in [-0.05, 0) is 61.1 Å². The van der Waals surface area contributed by atoms with Gasteiger partial charge in [-0.25, -0.2) is 0 Å². The van der Waals surface area contributed by atoms with E-state index in [0.29, 0.717) is 6.42 Å². The lowest BCUT2D eigenvalue weighted by molar-refractivity contribution is -0.121. The molecule has 172 valence electrons. The van der Waals surface area contributed by atoms with Crippen molar-refractivity contribution in [2.75, 3.05) is 26.7 Å². The summed E-state index contributed by atoms with van der Waals surface area (Å²) in [6.07, 6.45) is 8.73. The highest BCUT2D eigenvalue weighted by atomic mass is 16.5. The summed E-state index contributed by atoms with van der Waals surface area (Å²) in [5, 5.41) is 12.8. The number of amides is 1. The van der Waals surface area contributed by atoms with Crippen molar-refractivity contribution in [1.29, 1.82) is 0 Å². The van der Waals surface area contributed by atoms with Crippen LogP contribution < -0.4 is 10.1 Å². The van der Waals surface area contributed by atoms with Crippen molar-refractivity contribution in [2.45, 2.75) is 62.8 Å². The molecule has 2 N–H and O–H groups in total. The summed E-state index contributed by atoms with van der Waals surface area (Å²) in [7, 11) is 1.72. The number of phenolic OH excluding ortho intramolecular Hbond substituents is 1. The SMILES string of the molecule is COc1ccc(C2(CN3CCC(NC(=O)Cc4cccc(O)c4)CC3)CCCCC2)cc1. The number of carbonyl (C=O) groups is 1. The number of methoxy groups -OCH3 is 1. The number of likely N-dealkylation sites (tertiary alicyclic amines) is 1. The fourth-order valence-corrected chi connectivity index (χ4v) is 5.51. The number of hydrogen-bond acceptors (Lipinski definition) is 4. The third kappa shape index (κ3) is 5.63. The zero-order chi connectivity index (χ0) is 22.4. The molecule has 5 heteroatoms. The minimum Gasteiger partial charge on any atom is -0.508 e. The van der Waals surface area contributed by atoms with E-state index in [1.807, 2.05) is 6.07 Å². The first kappa shape index (κ1) is 22.7. The van der Waals surface area contributed by atoms with Crippen LogP contribution in [0, 0.1) is 0 Å². The standard InChI is InChI=1S/C27H36N2O3/c1-32-25-10-8-22(9-11-25)27(14-3-2-4-15-27)20-29-16-12-23(13-17-29)28-26(31)19-21-6-5-7-24(30)18-21/h5-11,18,23,30H,2-4,12-17,19-20H2,1H3,(H,28,31). The number of hydrogen-bond donors (Lipinski definition) is 2. The number of piperidine rings is 1. The summed E-state index contributed by atoms with van der Waals surface area (Å²) < 4.78 is 5.37. The predicted molar refractivity (Wildman–Crippen MR) is 127 cm³/mol. The third-order valence-corrected chi connectivity index (χ3v) is 7.27. The van der Waals surface area contributed by atoms with Gasteiger partial charge in [-0.2, -0.15) is 0 Å². The monoisotopic (exact) mass is 436 g/mol. The zero-order valence-electron chi connectivity index (χ0n) is 19.2. The van der Waals surface area contributed by atoms with Gasteiger partial charge in [0.1, 0.15) is 11.5 Å². The van der Waals surface area contributed by atoms with Crippen LogP contribution in [0.4, 0.5) is 0 Å². The largest absolute Gasteiger partial charge is 0.508 e. The first-order chi connectivity index (χ1) is 15.6. The zero-order valence-corrected chi connectivity index (χ0v) is 19.2. The van der Waals surface area contributed by atoms with Crippen LogP contribution in [0.5, 0.6) is 11.5 Å². The molecule has 0 radical (unpaired) electrons. The molecule has 1 aliphatic heterocycles. The number of benzene rings is 2. The molecule has 4 rings (SSSR count). The molecule has 2 fully saturated rings. The van der Waals surface area contributed by atoms with E-state index in [0.717, 1.165) is 43.8 Å². The summed E-state index contributed by atoms with van der Waals surface area (Å²) in [6.45, 7) is 3.15. The van der Waals surface area contributed by atoms with Gasteiger partial charge >= 0.3 is 0 Å². The quantitative estimate of drug-likeness (QED) is 0.674. The number of ether oxygens (including phenoxy) is 1. The molecule has 1 heterocycles. The molecule has 1 saturated heterocycles. The molecule has 1 aliphatic carbocycles. The highest BCUT2D eigenvalue weighted by Gasteiger charge is 2.36. The van der Waals surface area contributed by atoms with Crippen molar-refractivity contribution in [2.24, 2.45) is 0 Å². The fourth-order valence-electron chi connectivity index (χ4n) is 5.51. The Morgan fingerprint density at radius 2 is 1.81 bits per heavy atom. The van der Waals surface area contributed by atoms with Gasteiger partial charge < -0.3 is 20.1 Å². The van der Waals surface area contributed by atoms with Crippen LogP contribution in [0.3, 0.4) is 0 Å². The predicted octanol–water partition coefficient (Wildman–Crippen LogP) is 4.43. The van der Waals surface area contributed by atoms with E-state index in [-0.39, 0.29) is 23.1 Å². The molecule has 0 atom stereocenters. The summed E-state index contributed by atoms with van der Waals surface area (Å²) in [5.74, 6) is 1.16. The van der Waals surface area contributed by atoms with Gasteiger partial charge in [0.15, 0.2) is 0 Å². The molecule has 2 aliphatic rings. The van der Waals surface area contributed by atoms with Crippen LogP contribution in [-0.4, -0.2) is 48.7 Å². The summed E-state index contributed by atoms with van der Waals surface area (Å²) in [6, 6.07) is 15.9. The van der Waals surface area contributed by atoms with Gasteiger partial charge in [-0.1, -0.05) is 43.5 Å². The van der Waals surface area contributed by atoms with Crippen molar-refractivity contribution >= 4 is 5.91 Å². The summed E-state index contributed by atoms with van der Waals surface area (Å²) in [4.78, 5) is 15.1. The Morgan fingerprint density at radius 1 is 1.09 bits per heavy atom. The molecule has 0 spiro atoms. The van der Waals surface area contributed by atoms with Gasteiger partial charge in [0, 0.05) is 31.1 Å². The minimum atomic E-state index is 0.0380. The van der Waals surface area contributed by atoms with Gasteiger partial charge in [0.05, 0.1) is 13.5 Å². The topological polar surface area (TPSA) is 61.8 Å². The van der Waals surface area contributed by atoms with Crippen LogP contribution in [0.15, 0.2) is 48.5 Å². The first-order valence-electron chi connectivity index (χ1n) is 12.0. The highest BCUT2D eigenvalue weighted by Crippen LogP contribution is 2.41. The normalized spacial score (nSPS) is 19.4. The van der Waals surface area contributed by atoms with Gasteiger partial charge in [-0.15, -0.1) is 0 Å². The maximum atomic E-state index is 12.5. The Balaban J connectivity index is 1.32. The summed E-state index contributed by atoms with van der Waals surface area (Å²) in [5.41, 5.74) is 2.52. The molecule has 32 heavy (non-hydrogen) atoms. The number of phenols is 1. The Bertz CT molecular complexity index is 882. The third-order valence-electron chi connectivity index (χ3n) is 7.27. The van der Waals surface area contributed by atoms with E-state index in [1.54, 1.807) is 25.3 Å². The van der Waals surface area contributed by atoms with E-state index in [4.69, 9.17) is 4.74 Å². The molecule has 1 saturated carbocycles. The summed E-state index contributed by atoms with van der Waals surface area (Å²) >= 11 is 0. The molecule has 5 nitrogen and oxygen atoms in total. The van der Waals surface area contributed by atoms with E-state index < -0.39 is 0 Å². The van der Waals surface area contributed by atoms with Gasteiger partial charge in [0.25, 0.3) is 0 Å². The van der Waals surface area contributed by atoms with Crippen LogP contribution in [0.2, 0.25) is 0 Å². The number of nitrogens with zero attached hydrogens (tertiary/aromatic N) is 1. The molecule has 0 bridgehead atoms. The van der Waals surface area contributed by atoms with Crippen molar-refractivity contribution < 1.29 is 14.6 Å². The van der Waals surface area contributed by atoms with Gasteiger partial charge in [0.2, 0.25) is 5.91 Å². The van der Waals surface area contributed by atoms with Crippen LogP contribution in [0.25, 0.3) is 0 Å². The average molecular weight is 437 g/mol. The molecule has 1 amide bonds. The average Bonchev–Trinajstić information content (AvgIpc) is 2.81. The van der Waals surface area contributed by atoms with E-state index in [2.05, 4.69) is 34.5 Å². The maximum Gasteiger partial charge on any atom is 0.224 e. The molecule has 2 aromatic carbocycles. The van der Waals surface area contributed by atoms with Crippen LogP contribution >= 0.6 is 0 Å². The van der Waals surface area contributed by atoms with Crippen molar-refractivity contribution in [3.63, 3.8) is 0 Å². The number of carbonyl (C=O) groups excluding carboxylic acids is 1. The van der Waals surface area contributed by atoms with E-state index in [9.17, 15) is 9.90 Å². The lowest BCUT2D eigenvalue weighted by atomic mass is 9.69. The Morgan fingerprint density at radius 3 is 2.47 bits per heavy atom. The van der Waals surface area contributed by atoms with Crippen molar-refractivity contribution in [3.8, 4) is 11.5 Å². The fraction of sp³-hybridized carbons (Fsp3) is 0.519. The van der Waals surface area contributed by atoms with Crippen molar-refractivity contribution in [3.05, 3.63) is 59.7 Å². The molecule has 2 aromatic rings. The Labute approximate surface area is 191 Å². The molecule has 0 aromatic heterocycles.